The van der Waals surface area contributed by atoms with Crippen LogP contribution in [0.5, 0.6) is 0 Å². The van der Waals surface area contributed by atoms with Crippen molar-refractivity contribution < 1.29 is 9.18 Å². The summed E-state index contributed by atoms with van der Waals surface area (Å²) in [5.74, 6) is -0.479. The third kappa shape index (κ3) is 2.53. The van der Waals surface area contributed by atoms with Gasteiger partial charge in [0, 0.05) is 11.3 Å². The summed E-state index contributed by atoms with van der Waals surface area (Å²) in [6.07, 6.45) is 1.74. The fraction of sp³-hybridized carbons (Fsp3) is 0.294. The van der Waals surface area contributed by atoms with Crippen LogP contribution in [-0.4, -0.2) is 10.9 Å². The molecule has 1 amide bonds. The Morgan fingerprint density at radius 3 is 2.71 bits per heavy atom. The maximum atomic E-state index is 13.1. The zero-order valence-corrected chi connectivity index (χ0v) is 11.8. The molecule has 0 aliphatic heterocycles. The third-order valence-electron chi connectivity index (χ3n) is 4.34. The minimum atomic E-state index is -0.589. The SMILES string of the molecule is CC[C@@]1(c2ccccc2)CC1C(=O)Nc1cccc(F)n1. The molecule has 0 radical (unpaired) electrons. The van der Waals surface area contributed by atoms with Crippen molar-refractivity contribution in [1.29, 1.82) is 0 Å². The number of halogens is 1. The first-order valence-electron chi connectivity index (χ1n) is 7.14. The van der Waals surface area contributed by atoms with Gasteiger partial charge in [-0.1, -0.05) is 43.3 Å². The Kier molecular flexibility index (Phi) is 3.45. The molecular formula is C17H17FN2O. The van der Waals surface area contributed by atoms with E-state index in [4.69, 9.17) is 0 Å². The van der Waals surface area contributed by atoms with Crippen LogP contribution >= 0.6 is 0 Å². The molecule has 1 aliphatic rings. The highest BCUT2D eigenvalue weighted by molar-refractivity contribution is 5.95. The summed E-state index contributed by atoms with van der Waals surface area (Å²) in [5, 5.41) is 2.71. The first kappa shape index (κ1) is 13.7. The number of nitrogens with zero attached hydrogens (tertiary/aromatic N) is 1. The normalized spacial score (nSPS) is 23.6. The van der Waals surface area contributed by atoms with Crippen molar-refractivity contribution in [3.63, 3.8) is 0 Å². The Labute approximate surface area is 123 Å². The topological polar surface area (TPSA) is 42.0 Å². The highest BCUT2D eigenvalue weighted by atomic mass is 19.1. The predicted octanol–water partition coefficient (Wildman–Crippen LogP) is 3.53. The van der Waals surface area contributed by atoms with Gasteiger partial charge in [0.2, 0.25) is 11.9 Å². The molecule has 1 unspecified atom stereocenters. The Morgan fingerprint density at radius 2 is 2.05 bits per heavy atom. The van der Waals surface area contributed by atoms with Crippen LogP contribution in [0.2, 0.25) is 0 Å². The minimum absolute atomic E-state index is 0.0741. The van der Waals surface area contributed by atoms with Crippen molar-refractivity contribution in [3.8, 4) is 0 Å². The second-order valence-corrected chi connectivity index (χ2v) is 5.47. The molecule has 1 N–H and O–H groups in total. The molecule has 0 bridgehead atoms. The van der Waals surface area contributed by atoms with Crippen LogP contribution in [0.15, 0.2) is 48.5 Å². The molecule has 1 aromatic carbocycles. The molecule has 2 aromatic rings. The van der Waals surface area contributed by atoms with E-state index in [0.717, 1.165) is 12.8 Å². The number of nitrogens with one attached hydrogen (secondary N) is 1. The Balaban J connectivity index is 1.75. The highest BCUT2D eigenvalue weighted by Crippen LogP contribution is 2.57. The van der Waals surface area contributed by atoms with E-state index in [2.05, 4.69) is 29.4 Å². The number of carbonyl (C=O) groups is 1. The summed E-state index contributed by atoms with van der Waals surface area (Å²) in [7, 11) is 0. The fourth-order valence-electron chi connectivity index (χ4n) is 3.02. The van der Waals surface area contributed by atoms with Crippen molar-refractivity contribution in [2.24, 2.45) is 5.92 Å². The van der Waals surface area contributed by atoms with Crippen LogP contribution in [0, 0.1) is 11.9 Å². The number of hydrogen-bond donors (Lipinski definition) is 1. The zero-order valence-electron chi connectivity index (χ0n) is 11.8. The maximum Gasteiger partial charge on any atom is 0.229 e. The van der Waals surface area contributed by atoms with Gasteiger partial charge in [-0.05, 0) is 30.5 Å². The number of aromatic nitrogens is 1. The van der Waals surface area contributed by atoms with E-state index in [0.29, 0.717) is 0 Å². The molecule has 0 spiro atoms. The summed E-state index contributed by atoms with van der Waals surface area (Å²) in [4.78, 5) is 16.0. The van der Waals surface area contributed by atoms with Crippen LogP contribution in [0.3, 0.4) is 0 Å². The number of pyridine rings is 1. The van der Waals surface area contributed by atoms with Crippen LogP contribution < -0.4 is 5.32 Å². The first-order chi connectivity index (χ1) is 10.2. The molecule has 21 heavy (non-hydrogen) atoms. The van der Waals surface area contributed by atoms with Crippen molar-refractivity contribution in [1.82, 2.24) is 4.98 Å². The molecule has 0 saturated heterocycles. The van der Waals surface area contributed by atoms with Crippen molar-refractivity contribution in [2.75, 3.05) is 5.32 Å². The summed E-state index contributed by atoms with van der Waals surface area (Å²) < 4.78 is 13.1. The van der Waals surface area contributed by atoms with Crippen LogP contribution in [0.1, 0.15) is 25.3 Å². The number of rotatable bonds is 4. The lowest BCUT2D eigenvalue weighted by Gasteiger charge is -2.15. The smallest absolute Gasteiger partial charge is 0.229 e. The van der Waals surface area contributed by atoms with Gasteiger partial charge in [-0.2, -0.15) is 4.39 Å². The summed E-state index contributed by atoms with van der Waals surface area (Å²) >= 11 is 0. The average molecular weight is 284 g/mol. The first-order valence-corrected chi connectivity index (χ1v) is 7.14. The molecule has 108 valence electrons. The fourth-order valence-corrected chi connectivity index (χ4v) is 3.02. The van der Waals surface area contributed by atoms with Crippen molar-refractivity contribution in [3.05, 3.63) is 60.0 Å². The van der Waals surface area contributed by atoms with Gasteiger partial charge in [-0.25, -0.2) is 4.98 Å². The molecule has 1 heterocycles. The van der Waals surface area contributed by atoms with Crippen LogP contribution in [-0.2, 0) is 10.2 Å². The molecule has 1 saturated carbocycles. The van der Waals surface area contributed by atoms with Gasteiger partial charge in [0.05, 0.1) is 0 Å². The lowest BCUT2D eigenvalue weighted by molar-refractivity contribution is -0.117. The number of carbonyl (C=O) groups excluding carboxylic acids is 1. The van der Waals surface area contributed by atoms with Gasteiger partial charge in [0.25, 0.3) is 0 Å². The molecule has 1 aromatic heterocycles. The van der Waals surface area contributed by atoms with Gasteiger partial charge >= 0.3 is 0 Å². The molecule has 3 nitrogen and oxygen atoms in total. The lowest BCUT2D eigenvalue weighted by atomic mass is 9.90. The monoisotopic (exact) mass is 284 g/mol. The van der Waals surface area contributed by atoms with E-state index in [1.165, 1.54) is 17.7 Å². The van der Waals surface area contributed by atoms with E-state index >= 15 is 0 Å². The summed E-state index contributed by atoms with van der Waals surface area (Å²) in [6.45, 7) is 2.10. The number of hydrogen-bond acceptors (Lipinski definition) is 2. The predicted molar refractivity (Wildman–Crippen MR) is 79.3 cm³/mol. The van der Waals surface area contributed by atoms with E-state index in [9.17, 15) is 9.18 Å². The van der Waals surface area contributed by atoms with Gasteiger partial charge in [0.1, 0.15) is 5.82 Å². The number of benzene rings is 1. The van der Waals surface area contributed by atoms with Crippen LogP contribution in [0.25, 0.3) is 0 Å². The highest BCUT2D eigenvalue weighted by Gasteiger charge is 2.57. The second kappa shape index (κ2) is 5.28. The standard InChI is InChI=1S/C17H17FN2O/c1-2-17(12-7-4-3-5-8-12)11-13(17)16(21)20-15-10-6-9-14(18)19-15/h3-10,13H,2,11H2,1H3,(H,19,20,21)/t13?,17-/m0/s1. The van der Waals surface area contributed by atoms with Crippen molar-refractivity contribution >= 4 is 11.7 Å². The van der Waals surface area contributed by atoms with E-state index in [-0.39, 0.29) is 23.1 Å². The molecule has 3 rings (SSSR count). The maximum absolute atomic E-state index is 13.1. The Hall–Kier alpha value is -2.23. The summed E-state index contributed by atoms with van der Waals surface area (Å²) in [6, 6.07) is 14.5. The third-order valence-corrected chi connectivity index (χ3v) is 4.34. The zero-order chi connectivity index (χ0) is 14.9. The van der Waals surface area contributed by atoms with Gasteiger partial charge in [0.15, 0.2) is 0 Å². The second-order valence-electron chi connectivity index (χ2n) is 5.47. The molecule has 1 aliphatic carbocycles. The van der Waals surface area contributed by atoms with Gasteiger partial charge < -0.3 is 5.32 Å². The minimum Gasteiger partial charge on any atom is -0.310 e. The summed E-state index contributed by atoms with van der Waals surface area (Å²) in [5.41, 5.74) is 1.11. The van der Waals surface area contributed by atoms with Gasteiger partial charge in [-0.3, -0.25) is 4.79 Å². The molecule has 4 heteroatoms. The van der Waals surface area contributed by atoms with E-state index in [1.807, 2.05) is 18.2 Å². The Morgan fingerprint density at radius 1 is 1.29 bits per heavy atom. The number of amides is 1. The largest absolute Gasteiger partial charge is 0.310 e. The van der Waals surface area contributed by atoms with E-state index < -0.39 is 5.95 Å². The van der Waals surface area contributed by atoms with E-state index in [1.54, 1.807) is 6.07 Å². The molecular weight excluding hydrogens is 267 g/mol. The lowest BCUT2D eigenvalue weighted by Crippen LogP contribution is -2.21. The van der Waals surface area contributed by atoms with Crippen LogP contribution in [0.4, 0.5) is 10.2 Å². The quantitative estimate of drug-likeness (QED) is 0.873. The molecule has 2 atom stereocenters. The Bertz CT molecular complexity index is 659. The molecule has 1 fully saturated rings. The number of anilines is 1. The van der Waals surface area contributed by atoms with Crippen molar-refractivity contribution in [2.45, 2.75) is 25.2 Å². The average Bonchev–Trinajstić information content (AvgIpc) is 3.24. The van der Waals surface area contributed by atoms with Gasteiger partial charge in [-0.15, -0.1) is 0 Å².